The van der Waals surface area contributed by atoms with Crippen molar-refractivity contribution in [3.05, 3.63) is 59.5 Å². The van der Waals surface area contributed by atoms with Crippen molar-refractivity contribution in [1.82, 2.24) is 0 Å². The maximum Gasteiger partial charge on any atom is 0.257 e. The van der Waals surface area contributed by atoms with E-state index in [1.165, 1.54) is 6.07 Å². The van der Waals surface area contributed by atoms with Crippen LogP contribution in [0.4, 0.5) is 21.5 Å². The molecule has 0 bridgehead atoms. The van der Waals surface area contributed by atoms with Crippen molar-refractivity contribution in [3.8, 4) is 0 Å². The molecule has 0 aliphatic carbocycles. The number of nitrogens with one attached hydrogen (secondary N) is 2. The summed E-state index contributed by atoms with van der Waals surface area (Å²) < 4.78 is 26.3. The number of hydrogen-bond acceptors (Lipinski definition) is 5. The van der Waals surface area contributed by atoms with Gasteiger partial charge in [-0.1, -0.05) is 12.1 Å². The molecule has 2 aromatic carbocycles. The molecule has 0 unspecified atom stereocenters. The minimum absolute atomic E-state index is 0.164. The Hall–Kier alpha value is -2.90. The number of carbonyl (C=O) groups is 1. The highest BCUT2D eigenvalue weighted by molar-refractivity contribution is 6.32. The third kappa shape index (κ3) is 3.34. The van der Waals surface area contributed by atoms with Gasteiger partial charge in [-0.15, -0.1) is 0 Å². The fourth-order valence-electron chi connectivity index (χ4n) is 4.45. The zero-order chi connectivity index (χ0) is 20.7. The minimum atomic E-state index is -0.475. The number of carbonyl (C=O) groups excluding carboxylic acids is 1. The first-order valence-corrected chi connectivity index (χ1v) is 10.3. The second-order valence-electron chi connectivity index (χ2n) is 7.91. The molecule has 3 heterocycles. The van der Waals surface area contributed by atoms with Gasteiger partial charge < -0.3 is 25.0 Å². The van der Waals surface area contributed by atoms with Crippen LogP contribution < -0.4 is 15.5 Å². The summed E-state index contributed by atoms with van der Waals surface area (Å²) in [5.74, 6) is -0.936. The van der Waals surface area contributed by atoms with Gasteiger partial charge in [0.25, 0.3) is 5.91 Å². The molecule has 3 aliphatic rings. The van der Waals surface area contributed by atoms with Crippen LogP contribution in [0.2, 0.25) is 0 Å². The predicted octanol–water partition coefficient (Wildman–Crippen LogP) is 3.88. The van der Waals surface area contributed by atoms with Gasteiger partial charge in [0.1, 0.15) is 5.82 Å². The van der Waals surface area contributed by atoms with Gasteiger partial charge in [-0.3, -0.25) is 4.79 Å². The molecule has 1 amide bonds. The summed E-state index contributed by atoms with van der Waals surface area (Å²) in [5.41, 5.74) is 4.40. The summed E-state index contributed by atoms with van der Waals surface area (Å²) in [6.07, 6.45) is 3.10. The molecule has 30 heavy (non-hydrogen) atoms. The fourth-order valence-corrected chi connectivity index (χ4v) is 4.45. The lowest BCUT2D eigenvalue weighted by Gasteiger charge is -2.38. The monoisotopic (exact) mass is 409 g/mol. The Labute approximate surface area is 174 Å². The Kier molecular flexibility index (Phi) is 4.72. The number of ether oxygens (including phenoxy) is 2. The first-order chi connectivity index (χ1) is 14.5. The molecule has 2 aromatic rings. The summed E-state index contributed by atoms with van der Waals surface area (Å²) >= 11 is 0. The summed E-state index contributed by atoms with van der Waals surface area (Å²) in [4.78, 5) is 14.3. The number of anilines is 3. The number of nitrogens with zero attached hydrogens (tertiary/aromatic N) is 1. The number of piperidine rings is 1. The standard InChI is InChI=1S/C23H24FN3O3/c1-15-3-2-4-19-21(15)17(22(28)26-19)14-25-16-5-6-20(18(24)13-16)27-9-7-23(8-10-27)29-11-12-30-23/h2-6,13-14,25H,7-12H2,1H3,(H,26,28)/b17-14+. The van der Waals surface area contributed by atoms with Crippen molar-refractivity contribution in [3.63, 3.8) is 0 Å². The molecule has 1 spiro atoms. The SMILES string of the molecule is Cc1cccc2c1/C(=C\Nc1ccc(N3CCC4(CC3)OCCO4)c(F)c1)C(=O)N2. The van der Waals surface area contributed by atoms with Crippen molar-refractivity contribution in [2.24, 2.45) is 0 Å². The van der Waals surface area contributed by atoms with Crippen LogP contribution >= 0.6 is 0 Å². The third-order valence-corrected chi connectivity index (χ3v) is 6.05. The lowest BCUT2D eigenvalue weighted by atomic mass is 10.0. The molecule has 0 atom stereocenters. The molecule has 0 aromatic heterocycles. The number of halogens is 1. The number of benzene rings is 2. The number of hydrogen-bond donors (Lipinski definition) is 2. The van der Waals surface area contributed by atoms with Crippen LogP contribution in [0, 0.1) is 12.7 Å². The lowest BCUT2D eigenvalue weighted by Crippen LogP contribution is -2.45. The van der Waals surface area contributed by atoms with Crippen molar-refractivity contribution in [2.75, 3.05) is 41.8 Å². The second-order valence-corrected chi connectivity index (χ2v) is 7.91. The van der Waals surface area contributed by atoms with E-state index in [4.69, 9.17) is 9.47 Å². The van der Waals surface area contributed by atoms with Crippen molar-refractivity contribution in [2.45, 2.75) is 25.6 Å². The van der Waals surface area contributed by atoms with Crippen molar-refractivity contribution in [1.29, 1.82) is 0 Å². The summed E-state index contributed by atoms with van der Waals surface area (Å²) in [6.45, 7) is 4.60. The van der Waals surface area contributed by atoms with E-state index in [2.05, 4.69) is 10.6 Å². The highest BCUT2D eigenvalue weighted by Gasteiger charge is 2.40. The van der Waals surface area contributed by atoms with Gasteiger partial charge in [-0.05, 0) is 36.8 Å². The lowest BCUT2D eigenvalue weighted by molar-refractivity contribution is -0.169. The molecule has 0 saturated carbocycles. The van der Waals surface area contributed by atoms with Crippen molar-refractivity contribution >= 4 is 28.5 Å². The van der Waals surface area contributed by atoms with Gasteiger partial charge in [-0.25, -0.2) is 4.39 Å². The van der Waals surface area contributed by atoms with Crippen LogP contribution in [0.25, 0.3) is 5.57 Å². The van der Waals surface area contributed by atoms with E-state index in [-0.39, 0.29) is 11.7 Å². The average molecular weight is 409 g/mol. The second kappa shape index (κ2) is 7.41. The quantitative estimate of drug-likeness (QED) is 0.754. The molecule has 6 nitrogen and oxygen atoms in total. The Bertz CT molecular complexity index is 1020. The fraction of sp³-hybridized carbons (Fsp3) is 0.348. The molecule has 2 N–H and O–H groups in total. The molecule has 2 saturated heterocycles. The highest BCUT2D eigenvalue weighted by Crippen LogP contribution is 2.36. The molecule has 7 heteroatoms. The Balaban J connectivity index is 1.30. The van der Waals surface area contributed by atoms with E-state index < -0.39 is 5.79 Å². The first kappa shape index (κ1) is 19.1. The number of amides is 1. The Morgan fingerprint density at radius 1 is 1.17 bits per heavy atom. The zero-order valence-corrected chi connectivity index (χ0v) is 16.8. The van der Waals surface area contributed by atoms with Crippen molar-refractivity contribution < 1.29 is 18.7 Å². The van der Waals surface area contributed by atoms with Gasteiger partial charge in [0.15, 0.2) is 5.79 Å². The first-order valence-electron chi connectivity index (χ1n) is 10.3. The summed E-state index contributed by atoms with van der Waals surface area (Å²) in [5, 5.41) is 5.93. The Morgan fingerprint density at radius 3 is 2.67 bits per heavy atom. The van der Waals surface area contributed by atoms with Crippen LogP contribution in [-0.2, 0) is 14.3 Å². The topological polar surface area (TPSA) is 62.8 Å². The van der Waals surface area contributed by atoms with Crippen LogP contribution in [0.1, 0.15) is 24.0 Å². The maximum atomic E-state index is 14.8. The summed E-state index contributed by atoms with van der Waals surface area (Å²) in [7, 11) is 0. The predicted molar refractivity (Wildman–Crippen MR) is 114 cm³/mol. The zero-order valence-electron chi connectivity index (χ0n) is 16.8. The Morgan fingerprint density at radius 2 is 1.93 bits per heavy atom. The van der Waals surface area contributed by atoms with E-state index in [9.17, 15) is 9.18 Å². The number of aryl methyl sites for hydroxylation is 1. The van der Waals surface area contributed by atoms with E-state index in [1.807, 2.05) is 36.1 Å². The smallest absolute Gasteiger partial charge is 0.257 e. The highest BCUT2D eigenvalue weighted by atomic mass is 19.1. The normalized spacial score (nSPS) is 21.2. The maximum absolute atomic E-state index is 14.8. The third-order valence-electron chi connectivity index (χ3n) is 6.05. The molecular weight excluding hydrogens is 385 g/mol. The minimum Gasteiger partial charge on any atom is -0.369 e. The average Bonchev–Trinajstić information content (AvgIpc) is 3.32. The van der Waals surface area contributed by atoms with Gasteiger partial charge >= 0.3 is 0 Å². The van der Waals surface area contributed by atoms with E-state index in [0.29, 0.717) is 43.3 Å². The van der Waals surface area contributed by atoms with Crippen LogP contribution in [0.5, 0.6) is 0 Å². The molecular formula is C23H24FN3O3. The van der Waals surface area contributed by atoms with E-state index in [1.54, 1.807) is 12.3 Å². The van der Waals surface area contributed by atoms with Gasteiger partial charge in [0, 0.05) is 49.1 Å². The molecule has 3 aliphatic heterocycles. The molecule has 5 rings (SSSR count). The largest absolute Gasteiger partial charge is 0.369 e. The van der Waals surface area contributed by atoms with Gasteiger partial charge in [0.05, 0.1) is 24.5 Å². The van der Waals surface area contributed by atoms with Crippen LogP contribution in [-0.4, -0.2) is 38.0 Å². The summed E-state index contributed by atoms with van der Waals surface area (Å²) in [6, 6.07) is 10.8. The molecule has 2 fully saturated rings. The van der Waals surface area contributed by atoms with Crippen LogP contribution in [0.15, 0.2) is 42.6 Å². The van der Waals surface area contributed by atoms with E-state index in [0.717, 1.165) is 29.7 Å². The number of rotatable bonds is 3. The van der Waals surface area contributed by atoms with Gasteiger partial charge in [0.2, 0.25) is 0 Å². The van der Waals surface area contributed by atoms with E-state index >= 15 is 0 Å². The molecule has 0 radical (unpaired) electrons. The van der Waals surface area contributed by atoms with Crippen LogP contribution in [0.3, 0.4) is 0 Å². The number of fused-ring (bicyclic) bond motifs is 1. The van der Waals surface area contributed by atoms with Gasteiger partial charge in [-0.2, -0.15) is 0 Å². The molecule has 156 valence electrons.